The fourth-order valence-corrected chi connectivity index (χ4v) is 10.0. The average Bonchev–Trinajstić information content (AvgIpc) is 4.16. The van der Waals surface area contributed by atoms with Crippen LogP contribution >= 0.6 is 22.7 Å². The molecule has 0 bridgehead atoms. The van der Waals surface area contributed by atoms with Crippen LogP contribution in [0.1, 0.15) is 59.8 Å². The number of carbonyl (C=O) groups excluding carboxylic acids is 2. The van der Waals surface area contributed by atoms with Crippen molar-refractivity contribution in [1.29, 1.82) is 0 Å². The van der Waals surface area contributed by atoms with Crippen molar-refractivity contribution in [1.82, 2.24) is 40.2 Å². The van der Waals surface area contributed by atoms with Gasteiger partial charge in [0.2, 0.25) is 10.9 Å². The number of rotatable bonds is 9. The molecule has 22 heteroatoms. The van der Waals surface area contributed by atoms with E-state index >= 15 is 0 Å². The lowest BCUT2D eigenvalue weighted by Crippen LogP contribution is -2.48. The second kappa shape index (κ2) is 17.9. The molecule has 11 rings (SSSR count). The Morgan fingerprint density at radius 2 is 1.16 bits per heavy atom. The number of nitrogens with one attached hydrogen (secondary N) is 2. The second-order valence-electron chi connectivity index (χ2n) is 15.9. The van der Waals surface area contributed by atoms with E-state index in [4.69, 9.17) is 14.2 Å². The highest BCUT2D eigenvalue weighted by Crippen LogP contribution is 2.35. The summed E-state index contributed by atoms with van der Waals surface area (Å²) < 4.78 is 74.7. The van der Waals surface area contributed by atoms with Gasteiger partial charge < -0.3 is 39.1 Å². The zero-order valence-corrected chi connectivity index (χ0v) is 36.2. The quantitative estimate of drug-likeness (QED) is 0.162. The molecule has 2 unspecified atom stereocenters. The van der Waals surface area contributed by atoms with Crippen LogP contribution in [-0.4, -0.2) is 85.0 Å². The van der Waals surface area contributed by atoms with E-state index in [1.807, 2.05) is 30.3 Å². The number of pyridine rings is 2. The minimum Gasteiger partial charge on any atom is -0.503 e. The molecule has 0 aliphatic carbocycles. The molecule has 4 atom stereocenters. The smallest absolute Gasteiger partial charge is 0.272 e. The van der Waals surface area contributed by atoms with Gasteiger partial charge in [-0.15, -0.1) is 20.4 Å². The van der Waals surface area contributed by atoms with Gasteiger partial charge in [-0.2, -0.15) is 0 Å². The van der Waals surface area contributed by atoms with Crippen molar-refractivity contribution in [2.45, 2.75) is 43.6 Å². The van der Waals surface area contributed by atoms with Gasteiger partial charge in [-0.05, 0) is 28.8 Å². The summed E-state index contributed by atoms with van der Waals surface area (Å²) in [4.78, 5) is 51.7. The third-order valence-corrected chi connectivity index (χ3v) is 13.5. The highest BCUT2D eigenvalue weighted by molar-refractivity contribution is 7.15. The normalized spacial score (nSPS) is 19.0. The lowest BCUT2D eigenvalue weighted by molar-refractivity contribution is 0.0876. The monoisotopic (exact) mass is 954 g/mol. The summed E-state index contributed by atoms with van der Waals surface area (Å²) in [5.74, 6) is -4.43. The van der Waals surface area contributed by atoms with Gasteiger partial charge >= 0.3 is 0 Å². The summed E-state index contributed by atoms with van der Waals surface area (Å²) in [5, 5.41) is 33.7. The second-order valence-corrected chi connectivity index (χ2v) is 18.0. The summed E-state index contributed by atoms with van der Waals surface area (Å²) in [6.07, 6.45) is 3.24. The minimum atomic E-state index is -0.746. The molecule has 3 N–H and O–H groups in total. The molecule has 4 aliphatic heterocycles. The number of benzene rings is 3. The Morgan fingerprint density at radius 1 is 0.657 bits per heavy atom. The zero-order valence-electron chi connectivity index (χ0n) is 34.6. The van der Waals surface area contributed by atoms with Crippen LogP contribution in [0.5, 0.6) is 11.5 Å². The predicted octanol–water partition coefficient (Wildman–Crippen LogP) is 5.12. The molecule has 342 valence electrons. The van der Waals surface area contributed by atoms with Gasteiger partial charge in [0.15, 0.2) is 32.9 Å². The van der Waals surface area contributed by atoms with Gasteiger partial charge in [0.25, 0.3) is 11.8 Å². The molecular weight excluding hydrogens is 921 g/mol. The molecule has 8 heterocycles. The van der Waals surface area contributed by atoms with E-state index in [9.17, 15) is 41.8 Å². The molecule has 2 amide bonds. The van der Waals surface area contributed by atoms with Crippen LogP contribution in [0.2, 0.25) is 0 Å². The third-order valence-electron chi connectivity index (χ3n) is 11.6. The van der Waals surface area contributed by atoms with E-state index < -0.39 is 51.7 Å². The topological polar surface area (TPSA) is 202 Å². The maximum absolute atomic E-state index is 14.2. The Morgan fingerprint density at radius 3 is 1.70 bits per heavy atom. The van der Waals surface area contributed by atoms with Gasteiger partial charge in [0.05, 0.1) is 61.7 Å². The molecule has 7 aromatic rings. The van der Waals surface area contributed by atoms with Gasteiger partial charge in [-0.3, -0.25) is 19.2 Å². The molecule has 3 aromatic carbocycles. The maximum atomic E-state index is 14.2. The molecular formula is C45H34F4N8O8S2. The lowest BCUT2D eigenvalue weighted by atomic mass is 10.0. The summed E-state index contributed by atoms with van der Waals surface area (Å²) in [7, 11) is 0. The van der Waals surface area contributed by atoms with Crippen molar-refractivity contribution in [3.05, 3.63) is 161 Å². The molecule has 2 saturated heterocycles. The van der Waals surface area contributed by atoms with E-state index in [2.05, 4.69) is 31.0 Å². The van der Waals surface area contributed by atoms with Gasteiger partial charge in [-0.25, -0.2) is 17.6 Å². The number of fused-ring (bicyclic) bond motifs is 6. The first-order valence-corrected chi connectivity index (χ1v) is 22.3. The zero-order chi connectivity index (χ0) is 46.5. The lowest BCUT2D eigenvalue weighted by Gasteiger charge is -2.31. The van der Waals surface area contributed by atoms with Crippen molar-refractivity contribution >= 4 is 34.5 Å². The number of aromatic hydroxyl groups is 1. The van der Waals surface area contributed by atoms with Crippen LogP contribution in [-0.2, 0) is 28.9 Å². The summed E-state index contributed by atoms with van der Waals surface area (Å²) in [6, 6.07) is 15.0. The molecule has 0 radical (unpaired) electrons. The predicted molar refractivity (Wildman–Crippen MR) is 232 cm³/mol. The Balaban J connectivity index is 0.000000160. The largest absolute Gasteiger partial charge is 0.503 e. The van der Waals surface area contributed by atoms with E-state index in [0.29, 0.717) is 41.5 Å². The number of nitrogens with zero attached hydrogens (tertiary/aromatic N) is 6. The Bertz CT molecular complexity index is 3220. The van der Waals surface area contributed by atoms with E-state index in [1.165, 1.54) is 24.4 Å². The van der Waals surface area contributed by atoms with Crippen molar-refractivity contribution in [3.63, 3.8) is 0 Å². The molecule has 16 nitrogen and oxygen atoms in total. The van der Waals surface area contributed by atoms with Crippen molar-refractivity contribution in [3.8, 4) is 32.6 Å². The van der Waals surface area contributed by atoms with Crippen LogP contribution in [0.15, 0.2) is 88.7 Å². The third kappa shape index (κ3) is 8.47. The number of halogens is 4. The maximum Gasteiger partial charge on any atom is 0.272 e. The highest BCUT2D eigenvalue weighted by atomic mass is 32.1. The molecule has 67 heavy (non-hydrogen) atoms. The summed E-state index contributed by atoms with van der Waals surface area (Å²) in [5.41, 5.74) is 0.421. The summed E-state index contributed by atoms with van der Waals surface area (Å²) in [6.45, 7) is 1.48. The minimum absolute atomic E-state index is 0.0724. The van der Waals surface area contributed by atoms with Crippen LogP contribution in [0.3, 0.4) is 0 Å². The molecule has 2 fully saturated rings. The van der Waals surface area contributed by atoms with E-state index in [1.54, 1.807) is 15.3 Å². The first kappa shape index (κ1) is 43.7. The SMILES string of the molecule is O=C1N[C@H]2COCC2n2cc(-c3nnc(Cc4ccc(F)cc4F)s3)c(=O)c(O)c21.O=C1N[C@H]2COCC2n2cc(-c3nnc(Cc4ccc(F)cc4F)s3)c(=O)c(OCc3ccccc3)c21. The van der Waals surface area contributed by atoms with Crippen molar-refractivity contribution in [2.24, 2.45) is 0 Å². The number of aromatic nitrogens is 6. The van der Waals surface area contributed by atoms with Gasteiger partial charge in [0, 0.05) is 37.4 Å². The number of hydrogen-bond donors (Lipinski definition) is 3. The number of carbonyl (C=O) groups is 2. The van der Waals surface area contributed by atoms with Gasteiger partial charge in [-0.1, -0.05) is 65.1 Å². The molecule has 0 saturated carbocycles. The standard InChI is InChI=1S/C26H20F2N4O4S.C19H14F2N4O4S/c27-16-7-6-15(18(28)9-16)8-21-30-31-26(37-21)17-10-32-20-13-35-12-19(20)29-25(34)22(32)24(23(17)33)36-11-14-4-2-1-3-5-14;20-9-2-1-8(11(21)4-9)3-14-23-24-19(30-14)10-5-25-13-7-29-6-12(13)22-18(28)15(25)17(27)16(10)26/h1-7,9-10,19-20H,8,11-13H2,(H,29,34);1-2,4-5,12-13,27H,3,6-7H2,(H,22,28)/t19-,20?;12-,13?/m00/s1. The molecule has 4 aliphatic rings. The Kier molecular flexibility index (Phi) is 11.7. The van der Waals surface area contributed by atoms with E-state index in [-0.39, 0.29) is 88.0 Å². The fourth-order valence-electron chi connectivity index (χ4n) is 8.27. The van der Waals surface area contributed by atoms with Crippen molar-refractivity contribution < 1.29 is 46.5 Å². The average molecular weight is 955 g/mol. The first-order chi connectivity index (χ1) is 32.4. The number of ether oxygens (including phenoxy) is 3. The highest BCUT2D eigenvalue weighted by Gasteiger charge is 2.42. The molecule has 4 aromatic heterocycles. The van der Waals surface area contributed by atoms with Crippen LogP contribution in [0.4, 0.5) is 17.6 Å². The van der Waals surface area contributed by atoms with Crippen molar-refractivity contribution in [2.75, 3.05) is 26.4 Å². The Hall–Kier alpha value is -7.14. The number of amides is 2. The van der Waals surface area contributed by atoms with Crippen LogP contribution < -0.4 is 26.2 Å². The number of hydrogen-bond acceptors (Lipinski definition) is 14. The fraction of sp³-hybridized carbons (Fsp3) is 0.244. The van der Waals surface area contributed by atoms with Crippen LogP contribution in [0, 0.1) is 23.3 Å². The van der Waals surface area contributed by atoms with Crippen LogP contribution in [0.25, 0.3) is 21.1 Å². The van der Waals surface area contributed by atoms with Gasteiger partial charge in [0.1, 0.15) is 39.9 Å². The first-order valence-electron chi connectivity index (χ1n) is 20.6. The summed E-state index contributed by atoms with van der Waals surface area (Å²) >= 11 is 2.18. The van der Waals surface area contributed by atoms with E-state index in [0.717, 1.165) is 46.4 Å². The molecule has 0 spiro atoms. The Labute approximate surface area is 383 Å².